The molecule has 1 aliphatic heterocycles. The molecule has 0 aliphatic carbocycles. The molecule has 0 spiro atoms. The second-order valence-electron chi connectivity index (χ2n) is 4.60. The zero-order valence-electron chi connectivity index (χ0n) is 11.0. The van der Waals surface area contributed by atoms with Crippen molar-refractivity contribution in [2.24, 2.45) is 0 Å². The van der Waals surface area contributed by atoms with Gasteiger partial charge in [-0.05, 0) is 23.8 Å². The molecule has 0 saturated carbocycles. The molecule has 21 heavy (non-hydrogen) atoms. The molecule has 0 amide bonds. The van der Waals surface area contributed by atoms with E-state index in [9.17, 15) is 0 Å². The largest absolute Gasteiger partial charge is 0.486 e. The average molecular weight is 284 g/mol. The summed E-state index contributed by atoms with van der Waals surface area (Å²) in [7, 11) is 0. The van der Waals surface area contributed by atoms with E-state index < -0.39 is 0 Å². The Labute approximate surface area is 119 Å². The third-order valence-electron chi connectivity index (χ3n) is 3.31. The molecule has 7 heteroatoms. The van der Waals surface area contributed by atoms with Crippen LogP contribution in [0.2, 0.25) is 0 Å². The van der Waals surface area contributed by atoms with Gasteiger partial charge in [0, 0.05) is 6.20 Å². The summed E-state index contributed by atoms with van der Waals surface area (Å²) in [5.41, 5.74) is 8.82. The highest BCUT2D eigenvalue weighted by Crippen LogP contribution is 2.40. The number of anilines is 1. The van der Waals surface area contributed by atoms with Gasteiger partial charge in [-0.15, -0.1) is 0 Å². The van der Waals surface area contributed by atoms with E-state index in [1.165, 1.54) is 0 Å². The van der Waals surface area contributed by atoms with Gasteiger partial charge in [-0.1, -0.05) is 11.2 Å². The molecule has 3 N–H and O–H groups in total. The molecule has 0 fully saturated rings. The molecule has 0 bridgehead atoms. The second kappa shape index (κ2) is 4.55. The highest BCUT2D eigenvalue weighted by atomic mass is 16.6. The Balaban J connectivity index is 1.85. The van der Waals surface area contributed by atoms with Crippen LogP contribution in [0.5, 0.6) is 11.5 Å². The molecule has 0 radical (unpaired) electrons. The van der Waals surface area contributed by atoms with Gasteiger partial charge in [0.05, 0.1) is 11.3 Å². The molecule has 3 heterocycles. The predicted octanol–water partition coefficient (Wildman–Crippen LogP) is 2.09. The van der Waals surface area contributed by atoms with Crippen molar-refractivity contribution in [3.63, 3.8) is 0 Å². The van der Waals surface area contributed by atoms with Gasteiger partial charge < -0.3 is 19.7 Å². The number of nitrogen functional groups attached to an aromatic ring is 1. The lowest BCUT2D eigenvalue weighted by Gasteiger charge is -2.18. The zero-order chi connectivity index (χ0) is 14.2. The van der Waals surface area contributed by atoms with Crippen molar-refractivity contribution in [3.05, 3.63) is 30.5 Å². The first-order valence-corrected chi connectivity index (χ1v) is 6.48. The van der Waals surface area contributed by atoms with Crippen molar-refractivity contribution >= 4 is 5.88 Å². The molecule has 0 saturated heterocycles. The molecule has 1 aromatic carbocycles. The van der Waals surface area contributed by atoms with E-state index in [2.05, 4.69) is 15.4 Å². The van der Waals surface area contributed by atoms with E-state index in [0.717, 1.165) is 17.0 Å². The molecule has 0 atom stereocenters. The van der Waals surface area contributed by atoms with Crippen LogP contribution < -0.4 is 15.2 Å². The number of hydrogen-bond donors (Lipinski definition) is 2. The SMILES string of the molecule is Nc1onc(-c2ccn[nH]2)c1-c1ccc2c(c1)OCCO2. The number of nitrogens with two attached hydrogens (primary N) is 1. The number of aromatic amines is 1. The smallest absolute Gasteiger partial charge is 0.230 e. The third-order valence-corrected chi connectivity index (χ3v) is 3.31. The first-order valence-electron chi connectivity index (χ1n) is 6.48. The van der Waals surface area contributed by atoms with Crippen molar-refractivity contribution < 1.29 is 14.0 Å². The quantitative estimate of drug-likeness (QED) is 0.747. The maximum Gasteiger partial charge on any atom is 0.230 e. The van der Waals surface area contributed by atoms with Crippen molar-refractivity contribution in [3.8, 4) is 34.0 Å². The van der Waals surface area contributed by atoms with Crippen molar-refractivity contribution in [1.82, 2.24) is 15.4 Å². The minimum Gasteiger partial charge on any atom is -0.486 e. The molecule has 4 rings (SSSR count). The van der Waals surface area contributed by atoms with E-state index >= 15 is 0 Å². The van der Waals surface area contributed by atoms with E-state index in [1.807, 2.05) is 18.2 Å². The van der Waals surface area contributed by atoms with E-state index in [0.29, 0.717) is 30.2 Å². The Morgan fingerprint density at radius 2 is 1.95 bits per heavy atom. The Kier molecular flexibility index (Phi) is 2.56. The van der Waals surface area contributed by atoms with Crippen LogP contribution in [0.1, 0.15) is 0 Å². The fourth-order valence-corrected chi connectivity index (χ4v) is 2.35. The number of fused-ring (bicyclic) bond motifs is 1. The van der Waals surface area contributed by atoms with E-state index in [-0.39, 0.29) is 5.88 Å². The monoisotopic (exact) mass is 284 g/mol. The number of ether oxygens (including phenoxy) is 2. The number of hydrogen-bond acceptors (Lipinski definition) is 6. The minimum atomic E-state index is 0.247. The molecular formula is C14H12N4O3. The van der Waals surface area contributed by atoms with Crippen LogP contribution in [0.25, 0.3) is 22.5 Å². The molecule has 106 valence electrons. The third kappa shape index (κ3) is 1.90. The fourth-order valence-electron chi connectivity index (χ4n) is 2.35. The first kappa shape index (κ1) is 11.8. The number of H-pyrrole nitrogens is 1. The lowest BCUT2D eigenvalue weighted by molar-refractivity contribution is 0.171. The topological polar surface area (TPSA) is 99.2 Å². The first-order chi connectivity index (χ1) is 10.3. The van der Waals surface area contributed by atoms with Crippen molar-refractivity contribution in [2.75, 3.05) is 18.9 Å². The number of aromatic nitrogens is 3. The highest BCUT2D eigenvalue weighted by molar-refractivity contribution is 5.86. The van der Waals surface area contributed by atoms with Crippen LogP contribution in [0.15, 0.2) is 35.0 Å². The van der Waals surface area contributed by atoms with Gasteiger partial charge >= 0.3 is 0 Å². The number of rotatable bonds is 2. The summed E-state index contributed by atoms with van der Waals surface area (Å²) >= 11 is 0. The molecule has 0 unspecified atom stereocenters. The number of benzene rings is 1. The van der Waals surface area contributed by atoms with Crippen LogP contribution in [0.3, 0.4) is 0 Å². The second-order valence-corrected chi connectivity index (χ2v) is 4.60. The summed E-state index contributed by atoms with van der Waals surface area (Å²) in [6.45, 7) is 1.09. The van der Waals surface area contributed by atoms with Gasteiger partial charge in [0.1, 0.15) is 18.9 Å². The van der Waals surface area contributed by atoms with E-state index in [1.54, 1.807) is 12.3 Å². The zero-order valence-corrected chi connectivity index (χ0v) is 11.0. The maximum absolute atomic E-state index is 5.92. The van der Waals surface area contributed by atoms with Gasteiger partial charge in [0.2, 0.25) is 5.88 Å². The molecular weight excluding hydrogens is 272 g/mol. The number of nitrogens with one attached hydrogen (secondary N) is 1. The van der Waals surface area contributed by atoms with Gasteiger partial charge in [0.15, 0.2) is 11.5 Å². The van der Waals surface area contributed by atoms with Gasteiger partial charge in [0.25, 0.3) is 0 Å². The van der Waals surface area contributed by atoms with Crippen molar-refractivity contribution in [1.29, 1.82) is 0 Å². The summed E-state index contributed by atoms with van der Waals surface area (Å²) in [4.78, 5) is 0. The van der Waals surface area contributed by atoms with Gasteiger partial charge in [-0.3, -0.25) is 5.10 Å². The summed E-state index contributed by atoms with van der Waals surface area (Å²) in [6, 6.07) is 7.43. The summed E-state index contributed by atoms with van der Waals surface area (Å²) in [5, 5.41) is 10.8. The Hall–Kier alpha value is -2.96. The lowest BCUT2D eigenvalue weighted by Crippen LogP contribution is -2.15. The standard InChI is InChI=1S/C14H12N4O3/c15-14-12(13(18-21-14)9-3-4-16-17-9)8-1-2-10-11(7-8)20-6-5-19-10/h1-4,7H,5-6,15H2,(H,16,17). The van der Waals surface area contributed by atoms with Crippen LogP contribution >= 0.6 is 0 Å². The average Bonchev–Trinajstić information content (AvgIpc) is 3.16. The van der Waals surface area contributed by atoms with Gasteiger partial charge in [-0.2, -0.15) is 5.10 Å². The predicted molar refractivity (Wildman–Crippen MR) is 74.9 cm³/mol. The summed E-state index contributed by atoms with van der Waals surface area (Å²) in [6.07, 6.45) is 1.65. The molecule has 1 aliphatic rings. The fraction of sp³-hybridized carbons (Fsp3) is 0.143. The molecule has 3 aromatic rings. The Bertz CT molecular complexity index is 780. The summed E-state index contributed by atoms with van der Waals surface area (Å²) < 4.78 is 16.2. The molecule has 7 nitrogen and oxygen atoms in total. The van der Waals surface area contributed by atoms with Crippen LogP contribution in [0, 0.1) is 0 Å². The minimum absolute atomic E-state index is 0.247. The van der Waals surface area contributed by atoms with Crippen LogP contribution in [-0.4, -0.2) is 28.6 Å². The van der Waals surface area contributed by atoms with E-state index in [4.69, 9.17) is 19.7 Å². The Morgan fingerprint density at radius 3 is 2.76 bits per heavy atom. The van der Waals surface area contributed by atoms with Gasteiger partial charge in [-0.25, -0.2) is 0 Å². The van der Waals surface area contributed by atoms with Crippen LogP contribution in [0.4, 0.5) is 5.88 Å². The van der Waals surface area contributed by atoms with Crippen LogP contribution in [-0.2, 0) is 0 Å². The Morgan fingerprint density at radius 1 is 1.10 bits per heavy atom. The number of nitrogens with zero attached hydrogens (tertiary/aromatic N) is 2. The van der Waals surface area contributed by atoms with Crippen molar-refractivity contribution in [2.45, 2.75) is 0 Å². The normalized spacial score (nSPS) is 13.3. The maximum atomic E-state index is 5.92. The molecule has 2 aromatic heterocycles. The summed E-state index contributed by atoms with van der Waals surface area (Å²) in [5.74, 6) is 1.66. The lowest BCUT2D eigenvalue weighted by atomic mass is 10.0. The highest BCUT2D eigenvalue weighted by Gasteiger charge is 2.21.